The number of benzene rings is 1. The fraction of sp³-hybridized carbons (Fsp3) is 0.333. The van der Waals surface area contributed by atoms with E-state index in [-0.39, 0.29) is 11.3 Å². The van der Waals surface area contributed by atoms with Crippen LogP contribution in [0.2, 0.25) is 0 Å². The van der Waals surface area contributed by atoms with Crippen molar-refractivity contribution in [3.05, 3.63) is 41.6 Å². The summed E-state index contributed by atoms with van der Waals surface area (Å²) in [7, 11) is 1.63. The summed E-state index contributed by atoms with van der Waals surface area (Å²) < 4.78 is 10.8. The van der Waals surface area contributed by atoms with Crippen LogP contribution in [0.5, 0.6) is 5.75 Å². The third-order valence-corrected chi connectivity index (χ3v) is 4.92. The van der Waals surface area contributed by atoms with Crippen molar-refractivity contribution in [2.45, 2.75) is 18.4 Å². The van der Waals surface area contributed by atoms with E-state index in [0.29, 0.717) is 18.1 Å². The molecule has 3 rings (SSSR count). The van der Waals surface area contributed by atoms with Crippen LogP contribution in [0.25, 0.3) is 0 Å². The molecular weight excluding hydrogens is 306 g/mol. The Morgan fingerprint density at radius 1 is 1.43 bits per heavy atom. The number of hydrogen-bond donors (Lipinski definition) is 0. The third-order valence-electron chi connectivity index (χ3n) is 3.47. The van der Waals surface area contributed by atoms with Gasteiger partial charge in [-0.2, -0.15) is 0 Å². The van der Waals surface area contributed by atoms with Gasteiger partial charge in [-0.3, -0.25) is 9.69 Å². The largest absolute Gasteiger partial charge is 0.497 e. The molecule has 0 bridgehead atoms. The van der Waals surface area contributed by atoms with Crippen LogP contribution in [0.1, 0.15) is 12.0 Å². The molecule has 0 N–H and O–H groups in total. The molecule has 4 nitrogen and oxygen atoms in total. The van der Waals surface area contributed by atoms with E-state index in [0.717, 1.165) is 22.8 Å². The van der Waals surface area contributed by atoms with Crippen LogP contribution in [0.3, 0.4) is 0 Å². The van der Waals surface area contributed by atoms with Crippen LogP contribution in [-0.2, 0) is 16.1 Å². The van der Waals surface area contributed by atoms with Gasteiger partial charge in [-0.25, -0.2) is 0 Å². The molecule has 0 radical (unpaired) electrons. The Hall–Kier alpha value is -1.53. The monoisotopic (exact) mass is 321 g/mol. The van der Waals surface area contributed by atoms with Crippen LogP contribution in [0.4, 0.5) is 0 Å². The van der Waals surface area contributed by atoms with Crippen molar-refractivity contribution < 1.29 is 14.3 Å². The van der Waals surface area contributed by atoms with E-state index in [9.17, 15) is 4.79 Å². The quantitative estimate of drug-likeness (QED) is 0.630. The Kier molecular flexibility index (Phi) is 4.17. The van der Waals surface area contributed by atoms with E-state index >= 15 is 0 Å². The second-order valence-corrected chi connectivity index (χ2v) is 6.35. The number of thioether (sulfide) groups is 1. The van der Waals surface area contributed by atoms with Gasteiger partial charge < -0.3 is 9.47 Å². The summed E-state index contributed by atoms with van der Waals surface area (Å²) in [5, 5.41) is 0.629. The van der Waals surface area contributed by atoms with Gasteiger partial charge in [0, 0.05) is 5.75 Å². The number of β-lactam (4-membered cyclic amide) rings is 1. The zero-order valence-electron chi connectivity index (χ0n) is 11.6. The summed E-state index contributed by atoms with van der Waals surface area (Å²) in [6, 6.07) is 7.63. The first kappa shape index (κ1) is 14.4. The number of carbonyl (C=O) groups is 1. The summed E-state index contributed by atoms with van der Waals surface area (Å²) in [5.74, 6) is 1.80. The highest BCUT2D eigenvalue weighted by Gasteiger charge is 2.42. The molecule has 1 atom stereocenters. The van der Waals surface area contributed by atoms with Gasteiger partial charge in [0.1, 0.15) is 12.4 Å². The predicted octanol–water partition coefficient (Wildman–Crippen LogP) is 2.73. The molecule has 1 amide bonds. The van der Waals surface area contributed by atoms with Gasteiger partial charge in [0.05, 0.1) is 24.6 Å². The zero-order valence-corrected chi connectivity index (χ0v) is 13.2. The summed E-state index contributed by atoms with van der Waals surface area (Å²) in [6.07, 6.45) is 2.57. The molecule has 1 aromatic carbocycles. The van der Waals surface area contributed by atoms with Crippen molar-refractivity contribution in [3.63, 3.8) is 0 Å². The average molecular weight is 321 g/mol. The Labute approximate surface area is 133 Å². The SMILES string of the molecule is COc1ccc(COC(=S)C2=CCS[C@@H]3CC(=O)N23)cc1. The van der Waals surface area contributed by atoms with Gasteiger partial charge in [-0.15, -0.1) is 11.8 Å². The molecule has 1 saturated heterocycles. The van der Waals surface area contributed by atoms with Crippen LogP contribution in [-0.4, -0.2) is 34.1 Å². The Balaban J connectivity index is 1.61. The van der Waals surface area contributed by atoms with E-state index in [4.69, 9.17) is 21.7 Å². The standard InChI is InChI=1S/C15H15NO3S2/c1-18-11-4-2-10(3-5-11)9-19-15(20)12-6-7-21-14-8-13(17)16(12)14/h2-6,14H,7-9H2,1H3/t14-/m1/s1. The molecule has 1 fully saturated rings. The second-order valence-electron chi connectivity index (χ2n) is 4.77. The van der Waals surface area contributed by atoms with Crippen molar-refractivity contribution in [1.82, 2.24) is 4.90 Å². The first-order valence-electron chi connectivity index (χ1n) is 6.63. The number of nitrogens with zero attached hydrogens (tertiary/aromatic N) is 1. The van der Waals surface area contributed by atoms with Crippen molar-refractivity contribution in [1.29, 1.82) is 0 Å². The maximum Gasteiger partial charge on any atom is 0.231 e. The minimum Gasteiger partial charge on any atom is -0.497 e. The molecule has 0 unspecified atom stereocenters. The summed E-state index contributed by atoms with van der Waals surface area (Å²) in [5.41, 5.74) is 1.76. The van der Waals surface area contributed by atoms with E-state index in [1.54, 1.807) is 23.8 Å². The first-order chi connectivity index (χ1) is 10.2. The van der Waals surface area contributed by atoms with Crippen LogP contribution in [0.15, 0.2) is 36.0 Å². The molecule has 2 aliphatic rings. The highest BCUT2D eigenvalue weighted by Crippen LogP contribution is 2.37. The first-order valence-corrected chi connectivity index (χ1v) is 8.08. The maximum absolute atomic E-state index is 11.7. The van der Waals surface area contributed by atoms with Crippen molar-refractivity contribution >= 4 is 34.9 Å². The minimum absolute atomic E-state index is 0.119. The number of carbonyl (C=O) groups excluding carboxylic acids is 1. The van der Waals surface area contributed by atoms with Gasteiger partial charge in [-0.1, -0.05) is 12.1 Å². The molecule has 2 heterocycles. The summed E-state index contributed by atoms with van der Waals surface area (Å²) >= 11 is 7.08. The molecular formula is C15H15NO3S2. The summed E-state index contributed by atoms with van der Waals surface area (Å²) in [6.45, 7) is 0.389. The Morgan fingerprint density at radius 3 is 2.86 bits per heavy atom. The Morgan fingerprint density at radius 2 is 2.19 bits per heavy atom. The molecule has 6 heteroatoms. The summed E-state index contributed by atoms with van der Waals surface area (Å²) in [4.78, 5) is 13.4. The maximum atomic E-state index is 11.7. The molecule has 0 aliphatic carbocycles. The number of rotatable bonds is 4. The van der Waals surface area contributed by atoms with E-state index in [1.165, 1.54) is 0 Å². The fourth-order valence-electron chi connectivity index (χ4n) is 2.27. The van der Waals surface area contributed by atoms with Crippen LogP contribution in [0, 0.1) is 0 Å². The molecule has 110 valence electrons. The van der Waals surface area contributed by atoms with Crippen LogP contribution >= 0.6 is 24.0 Å². The van der Waals surface area contributed by atoms with Crippen molar-refractivity contribution in [2.75, 3.05) is 12.9 Å². The lowest BCUT2D eigenvalue weighted by Gasteiger charge is -2.43. The lowest BCUT2D eigenvalue weighted by atomic mass is 10.1. The average Bonchev–Trinajstić information content (AvgIpc) is 2.51. The third kappa shape index (κ3) is 2.91. The van der Waals surface area contributed by atoms with Gasteiger partial charge in [0.15, 0.2) is 0 Å². The molecule has 0 aromatic heterocycles. The highest BCUT2D eigenvalue weighted by atomic mass is 32.2. The van der Waals surface area contributed by atoms with Gasteiger partial charge in [-0.05, 0) is 36.0 Å². The van der Waals surface area contributed by atoms with Gasteiger partial charge in [0.2, 0.25) is 11.0 Å². The van der Waals surface area contributed by atoms with E-state index in [1.807, 2.05) is 30.3 Å². The second kappa shape index (κ2) is 6.07. The topological polar surface area (TPSA) is 38.8 Å². The molecule has 2 aliphatic heterocycles. The minimum atomic E-state index is 0.119. The number of fused-ring (bicyclic) bond motifs is 1. The molecule has 0 spiro atoms. The molecule has 1 aromatic rings. The smallest absolute Gasteiger partial charge is 0.231 e. The number of methoxy groups -OCH3 is 1. The van der Waals surface area contributed by atoms with E-state index in [2.05, 4.69) is 0 Å². The van der Waals surface area contributed by atoms with Gasteiger partial charge in [0.25, 0.3) is 0 Å². The fourth-order valence-corrected chi connectivity index (χ4v) is 3.63. The number of thiocarbonyl (C=S) groups is 1. The van der Waals surface area contributed by atoms with Crippen LogP contribution < -0.4 is 4.74 Å². The number of amides is 1. The number of hydrogen-bond acceptors (Lipinski definition) is 5. The molecule has 21 heavy (non-hydrogen) atoms. The van der Waals surface area contributed by atoms with E-state index < -0.39 is 0 Å². The Bertz CT molecular complexity index is 597. The van der Waals surface area contributed by atoms with Gasteiger partial charge >= 0.3 is 0 Å². The number of ether oxygens (including phenoxy) is 2. The predicted molar refractivity (Wildman–Crippen MR) is 86.2 cm³/mol. The van der Waals surface area contributed by atoms with Crippen molar-refractivity contribution in [3.8, 4) is 5.75 Å². The normalized spacial score (nSPS) is 20.2. The zero-order chi connectivity index (χ0) is 14.8. The lowest BCUT2D eigenvalue weighted by molar-refractivity contribution is -0.138. The van der Waals surface area contributed by atoms with Crippen molar-refractivity contribution in [2.24, 2.45) is 0 Å². The lowest BCUT2D eigenvalue weighted by Crippen LogP contribution is -2.53. The highest BCUT2D eigenvalue weighted by molar-refractivity contribution is 8.00. The molecule has 0 saturated carbocycles.